The first kappa shape index (κ1) is 14.3. The highest BCUT2D eigenvalue weighted by atomic mass is 19.1. The summed E-state index contributed by atoms with van der Waals surface area (Å²) in [7, 11) is 0. The predicted molar refractivity (Wildman–Crippen MR) is 86.3 cm³/mol. The number of rotatable bonds is 4. The van der Waals surface area contributed by atoms with Crippen LogP contribution in [0.4, 0.5) is 4.39 Å². The monoisotopic (exact) mass is 320 g/mol. The van der Waals surface area contributed by atoms with Gasteiger partial charge in [0, 0.05) is 24.2 Å². The molecule has 1 N–H and O–H groups in total. The van der Waals surface area contributed by atoms with Crippen LogP contribution < -0.4 is 0 Å². The van der Waals surface area contributed by atoms with E-state index in [4.69, 9.17) is 0 Å². The number of H-pyrrole nitrogens is 1. The van der Waals surface area contributed by atoms with Crippen LogP contribution in [-0.2, 0) is 6.54 Å². The van der Waals surface area contributed by atoms with E-state index >= 15 is 0 Å². The molecule has 0 saturated carbocycles. The molecule has 118 valence electrons. The smallest absolute Gasteiger partial charge is 0.180 e. The Morgan fingerprint density at radius 3 is 2.58 bits per heavy atom. The van der Waals surface area contributed by atoms with Crippen molar-refractivity contribution in [2.24, 2.45) is 0 Å². The molecule has 6 nitrogen and oxygen atoms in total. The lowest BCUT2D eigenvalue weighted by Crippen LogP contribution is -2.06. The fourth-order valence-corrected chi connectivity index (χ4v) is 2.48. The van der Waals surface area contributed by atoms with E-state index < -0.39 is 0 Å². The van der Waals surface area contributed by atoms with Gasteiger partial charge in [0.15, 0.2) is 5.82 Å². The fourth-order valence-electron chi connectivity index (χ4n) is 2.48. The zero-order valence-electron chi connectivity index (χ0n) is 12.6. The van der Waals surface area contributed by atoms with E-state index in [2.05, 4.69) is 25.3 Å². The van der Waals surface area contributed by atoms with Crippen molar-refractivity contribution in [3.05, 3.63) is 72.4 Å². The van der Waals surface area contributed by atoms with Crippen molar-refractivity contribution in [2.75, 3.05) is 0 Å². The summed E-state index contributed by atoms with van der Waals surface area (Å²) >= 11 is 0. The van der Waals surface area contributed by atoms with E-state index in [9.17, 15) is 4.39 Å². The third-order valence-electron chi connectivity index (χ3n) is 3.63. The average molecular weight is 320 g/mol. The van der Waals surface area contributed by atoms with Crippen LogP contribution in [0.3, 0.4) is 0 Å². The number of aromatic nitrogens is 6. The summed E-state index contributed by atoms with van der Waals surface area (Å²) in [5.74, 6) is 0.256. The Bertz CT molecular complexity index is 946. The lowest BCUT2D eigenvalue weighted by molar-refractivity contribution is 0.587. The first-order chi connectivity index (χ1) is 11.8. The summed E-state index contributed by atoms with van der Waals surface area (Å²) in [6.45, 7) is 0.299. The standard InChI is InChI=1S/C17H13FN6/c18-13-5-2-1-4-12(13)11-24-16(14-6-9-21-22-14)10-15(23-24)17-19-7-3-8-20-17/h1-10H,11H2,(H,21,22). The minimum atomic E-state index is -0.263. The minimum Gasteiger partial charge on any atom is -0.276 e. The Morgan fingerprint density at radius 1 is 1.00 bits per heavy atom. The molecule has 4 rings (SSSR count). The van der Waals surface area contributed by atoms with Gasteiger partial charge in [0.05, 0.1) is 17.9 Å². The molecule has 0 aliphatic carbocycles. The van der Waals surface area contributed by atoms with Gasteiger partial charge in [0.2, 0.25) is 0 Å². The number of aromatic amines is 1. The van der Waals surface area contributed by atoms with E-state index in [1.165, 1.54) is 6.07 Å². The molecule has 7 heteroatoms. The maximum Gasteiger partial charge on any atom is 0.180 e. The molecular weight excluding hydrogens is 307 g/mol. The molecule has 0 bridgehead atoms. The molecule has 3 aromatic heterocycles. The van der Waals surface area contributed by atoms with Crippen molar-refractivity contribution < 1.29 is 4.39 Å². The molecular formula is C17H13FN6. The number of nitrogens with one attached hydrogen (secondary N) is 1. The van der Waals surface area contributed by atoms with Gasteiger partial charge < -0.3 is 0 Å². The Hall–Kier alpha value is -3.35. The molecule has 3 heterocycles. The zero-order valence-corrected chi connectivity index (χ0v) is 12.6. The van der Waals surface area contributed by atoms with Crippen molar-refractivity contribution in [3.63, 3.8) is 0 Å². The fraction of sp³-hybridized carbons (Fsp3) is 0.0588. The highest BCUT2D eigenvalue weighted by molar-refractivity contribution is 5.62. The van der Waals surface area contributed by atoms with Crippen LogP contribution in [0.15, 0.2) is 61.1 Å². The third kappa shape index (κ3) is 2.67. The number of hydrogen-bond acceptors (Lipinski definition) is 4. The quantitative estimate of drug-likeness (QED) is 0.627. The Balaban J connectivity index is 1.80. The van der Waals surface area contributed by atoms with Crippen molar-refractivity contribution in [2.45, 2.75) is 6.54 Å². The van der Waals surface area contributed by atoms with Crippen LogP contribution in [0.2, 0.25) is 0 Å². The van der Waals surface area contributed by atoms with E-state index in [0.717, 1.165) is 11.4 Å². The molecule has 0 aliphatic rings. The summed E-state index contributed by atoms with van der Waals surface area (Å²) in [4.78, 5) is 8.44. The predicted octanol–water partition coefficient (Wildman–Crippen LogP) is 2.92. The number of hydrogen-bond donors (Lipinski definition) is 1. The largest absolute Gasteiger partial charge is 0.276 e. The van der Waals surface area contributed by atoms with Crippen molar-refractivity contribution in [3.8, 4) is 22.9 Å². The minimum absolute atomic E-state index is 0.263. The second-order valence-electron chi connectivity index (χ2n) is 5.21. The highest BCUT2D eigenvalue weighted by Crippen LogP contribution is 2.24. The first-order valence-electron chi connectivity index (χ1n) is 7.39. The molecule has 4 aromatic rings. The van der Waals surface area contributed by atoms with Crippen LogP contribution >= 0.6 is 0 Å². The van der Waals surface area contributed by atoms with Gasteiger partial charge in [0.1, 0.15) is 11.5 Å². The SMILES string of the molecule is Fc1ccccc1Cn1nc(-c2ncccn2)cc1-c1ccn[nH]1. The van der Waals surface area contributed by atoms with Gasteiger partial charge >= 0.3 is 0 Å². The zero-order chi connectivity index (χ0) is 16.4. The van der Waals surface area contributed by atoms with Crippen LogP contribution in [0.1, 0.15) is 5.56 Å². The van der Waals surface area contributed by atoms with Gasteiger partial charge in [-0.2, -0.15) is 10.2 Å². The molecule has 1 aromatic carbocycles. The summed E-state index contributed by atoms with van der Waals surface area (Å²) in [6.07, 6.45) is 4.98. The molecule has 0 aliphatic heterocycles. The van der Waals surface area contributed by atoms with Crippen LogP contribution in [0.25, 0.3) is 22.9 Å². The molecule has 0 amide bonds. The van der Waals surface area contributed by atoms with Crippen LogP contribution in [0, 0.1) is 5.82 Å². The Kier molecular flexibility index (Phi) is 3.59. The van der Waals surface area contributed by atoms with Crippen LogP contribution in [0.5, 0.6) is 0 Å². The lowest BCUT2D eigenvalue weighted by Gasteiger charge is -2.07. The maximum absolute atomic E-state index is 14.0. The first-order valence-corrected chi connectivity index (χ1v) is 7.39. The second-order valence-corrected chi connectivity index (χ2v) is 5.21. The Morgan fingerprint density at radius 2 is 1.83 bits per heavy atom. The molecule has 0 fully saturated rings. The van der Waals surface area contributed by atoms with E-state index in [-0.39, 0.29) is 5.82 Å². The van der Waals surface area contributed by atoms with E-state index in [1.54, 1.807) is 47.5 Å². The van der Waals surface area contributed by atoms with Gasteiger partial charge in [-0.3, -0.25) is 9.78 Å². The summed E-state index contributed by atoms with van der Waals surface area (Å²) in [5.41, 5.74) is 2.76. The lowest BCUT2D eigenvalue weighted by atomic mass is 10.2. The van der Waals surface area contributed by atoms with Gasteiger partial charge in [0.25, 0.3) is 0 Å². The summed E-state index contributed by atoms with van der Waals surface area (Å²) in [5, 5.41) is 11.4. The molecule has 0 radical (unpaired) electrons. The third-order valence-corrected chi connectivity index (χ3v) is 3.63. The number of nitrogens with zero attached hydrogens (tertiary/aromatic N) is 5. The van der Waals surface area contributed by atoms with Gasteiger partial charge in [-0.1, -0.05) is 18.2 Å². The number of benzene rings is 1. The van der Waals surface area contributed by atoms with Gasteiger partial charge in [-0.05, 0) is 24.3 Å². The topological polar surface area (TPSA) is 72.3 Å². The molecule has 0 atom stereocenters. The summed E-state index contributed by atoms with van der Waals surface area (Å²) in [6, 6.07) is 12.1. The molecule has 0 unspecified atom stereocenters. The Labute approximate surface area is 137 Å². The molecule has 0 spiro atoms. The highest BCUT2D eigenvalue weighted by Gasteiger charge is 2.15. The molecule has 24 heavy (non-hydrogen) atoms. The van der Waals surface area contributed by atoms with Crippen molar-refractivity contribution in [1.82, 2.24) is 29.9 Å². The van der Waals surface area contributed by atoms with E-state index in [0.29, 0.717) is 23.6 Å². The summed E-state index contributed by atoms with van der Waals surface area (Å²) < 4.78 is 15.7. The normalized spacial score (nSPS) is 10.9. The van der Waals surface area contributed by atoms with Crippen molar-refractivity contribution in [1.29, 1.82) is 0 Å². The van der Waals surface area contributed by atoms with Gasteiger partial charge in [-0.25, -0.2) is 14.4 Å². The van der Waals surface area contributed by atoms with E-state index in [1.807, 2.05) is 12.1 Å². The second kappa shape index (κ2) is 6.04. The van der Waals surface area contributed by atoms with Crippen molar-refractivity contribution >= 4 is 0 Å². The number of halogens is 1. The average Bonchev–Trinajstić information content (AvgIpc) is 3.27. The maximum atomic E-state index is 14.0. The molecule has 0 saturated heterocycles. The van der Waals surface area contributed by atoms with Gasteiger partial charge in [-0.15, -0.1) is 0 Å². The van der Waals surface area contributed by atoms with Crippen LogP contribution in [-0.4, -0.2) is 29.9 Å².